The fraction of sp³-hybridized carbons (Fsp3) is 0.538. The van der Waals surface area contributed by atoms with E-state index >= 15 is 0 Å². The molecule has 0 spiro atoms. The summed E-state index contributed by atoms with van der Waals surface area (Å²) in [6.45, 7) is 9.93. The first kappa shape index (κ1) is 22.0. The summed E-state index contributed by atoms with van der Waals surface area (Å²) in [5, 5.41) is 5.01. The summed E-state index contributed by atoms with van der Waals surface area (Å²) in [5.41, 5.74) is 7.41. The quantitative estimate of drug-likeness (QED) is 0.574. The Kier molecular flexibility index (Phi) is 6.15. The van der Waals surface area contributed by atoms with E-state index in [-0.39, 0.29) is 11.9 Å². The average Bonchev–Trinajstić information content (AvgIpc) is 3.54. The van der Waals surface area contributed by atoms with Gasteiger partial charge in [0, 0.05) is 49.2 Å². The van der Waals surface area contributed by atoms with Crippen LogP contribution in [0.3, 0.4) is 0 Å². The zero-order valence-electron chi connectivity index (χ0n) is 20.0. The highest BCUT2D eigenvalue weighted by Crippen LogP contribution is 2.33. The van der Waals surface area contributed by atoms with E-state index in [9.17, 15) is 4.79 Å². The normalized spacial score (nSPS) is 19.1. The van der Waals surface area contributed by atoms with Gasteiger partial charge in [0.15, 0.2) is 5.65 Å². The molecule has 3 aromatic rings. The van der Waals surface area contributed by atoms with Crippen LogP contribution in [0.25, 0.3) is 5.65 Å². The van der Waals surface area contributed by atoms with E-state index in [0.29, 0.717) is 6.42 Å². The third kappa shape index (κ3) is 4.51. The molecule has 0 N–H and O–H groups in total. The highest BCUT2D eigenvalue weighted by Gasteiger charge is 2.29. The summed E-state index contributed by atoms with van der Waals surface area (Å²) in [7, 11) is 0. The first-order valence-corrected chi connectivity index (χ1v) is 12.3. The SMILES string of the molecule is Cc1cccc(CN2CCCC2c2cc3nc(C)c(CCC(=O)N4CCCC4)c(C)n3n2)n1. The molecule has 1 amide bonds. The maximum Gasteiger partial charge on any atom is 0.222 e. The third-order valence-electron chi connectivity index (χ3n) is 7.25. The molecule has 5 rings (SSSR count). The number of aromatic nitrogens is 4. The Morgan fingerprint density at radius 1 is 1.06 bits per heavy atom. The van der Waals surface area contributed by atoms with E-state index in [4.69, 9.17) is 15.1 Å². The molecule has 5 heterocycles. The Balaban J connectivity index is 1.36. The molecule has 0 saturated carbocycles. The minimum atomic E-state index is 0.263. The maximum absolute atomic E-state index is 12.6. The third-order valence-corrected chi connectivity index (χ3v) is 7.25. The monoisotopic (exact) mass is 446 g/mol. The first-order chi connectivity index (χ1) is 16.0. The lowest BCUT2D eigenvalue weighted by molar-refractivity contribution is -0.130. The summed E-state index contributed by atoms with van der Waals surface area (Å²) in [5.74, 6) is 0.263. The predicted molar refractivity (Wildman–Crippen MR) is 128 cm³/mol. The summed E-state index contributed by atoms with van der Waals surface area (Å²) >= 11 is 0. The number of carbonyl (C=O) groups excluding carboxylic acids is 1. The van der Waals surface area contributed by atoms with Gasteiger partial charge in [-0.05, 0) is 77.1 Å². The molecule has 2 aliphatic heterocycles. The molecule has 2 aliphatic rings. The highest BCUT2D eigenvalue weighted by molar-refractivity contribution is 5.76. The smallest absolute Gasteiger partial charge is 0.222 e. The summed E-state index contributed by atoms with van der Waals surface area (Å²) in [6, 6.07) is 8.66. The van der Waals surface area contributed by atoms with Crippen molar-refractivity contribution in [3.8, 4) is 0 Å². The number of rotatable bonds is 6. The highest BCUT2D eigenvalue weighted by atomic mass is 16.2. The van der Waals surface area contributed by atoms with Crippen LogP contribution in [-0.4, -0.2) is 54.9 Å². The Morgan fingerprint density at radius 2 is 1.88 bits per heavy atom. The maximum atomic E-state index is 12.6. The first-order valence-electron chi connectivity index (χ1n) is 12.3. The standard InChI is InChI=1S/C26H34N6O/c1-18-8-6-9-21(27-18)17-31-15-7-10-24(31)23-16-25-28-19(2)22(20(3)32(25)29-23)11-12-26(33)30-13-4-5-14-30/h6,8-9,16,24H,4-5,7,10-15,17H2,1-3H3. The van der Waals surface area contributed by atoms with Crippen molar-refractivity contribution in [2.24, 2.45) is 0 Å². The molecule has 174 valence electrons. The van der Waals surface area contributed by atoms with Crippen molar-refractivity contribution in [3.63, 3.8) is 0 Å². The number of aryl methyl sites for hydroxylation is 3. The molecule has 0 radical (unpaired) electrons. The molecular weight excluding hydrogens is 412 g/mol. The van der Waals surface area contributed by atoms with Crippen molar-refractivity contribution in [1.29, 1.82) is 0 Å². The molecule has 2 saturated heterocycles. The van der Waals surface area contributed by atoms with Crippen molar-refractivity contribution in [3.05, 3.63) is 58.3 Å². The topological polar surface area (TPSA) is 66.6 Å². The largest absolute Gasteiger partial charge is 0.343 e. The fourth-order valence-corrected chi connectivity index (χ4v) is 5.47. The van der Waals surface area contributed by atoms with Crippen LogP contribution >= 0.6 is 0 Å². The van der Waals surface area contributed by atoms with Gasteiger partial charge in [0.2, 0.25) is 5.91 Å². The summed E-state index contributed by atoms with van der Waals surface area (Å²) in [6.07, 6.45) is 5.80. The fourth-order valence-electron chi connectivity index (χ4n) is 5.47. The number of hydrogen-bond acceptors (Lipinski definition) is 5. The van der Waals surface area contributed by atoms with Crippen LogP contribution in [-0.2, 0) is 17.8 Å². The lowest BCUT2D eigenvalue weighted by Gasteiger charge is -2.22. The van der Waals surface area contributed by atoms with Crippen LogP contribution in [0.4, 0.5) is 0 Å². The van der Waals surface area contributed by atoms with Crippen molar-refractivity contribution in [1.82, 2.24) is 29.4 Å². The van der Waals surface area contributed by atoms with Gasteiger partial charge in [-0.2, -0.15) is 5.10 Å². The predicted octanol–water partition coefficient (Wildman–Crippen LogP) is 3.94. The molecular formula is C26H34N6O. The van der Waals surface area contributed by atoms with Crippen LogP contribution in [0.2, 0.25) is 0 Å². The van der Waals surface area contributed by atoms with Gasteiger partial charge in [-0.15, -0.1) is 0 Å². The molecule has 3 aromatic heterocycles. The van der Waals surface area contributed by atoms with Crippen LogP contribution in [0.5, 0.6) is 0 Å². The van der Waals surface area contributed by atoms with Gasteiger partial charge in [-0.1, -0.05) is 6.07 Å². The van der Waals surface area contributed by atoms with Crippen molar-refractivity contribution in [2.45, 2.75) is 71.9 Å². The van der Waals surface area contributed by atoms with Crippen LogP contribution < -0.4 is 0 Å². The second kappa shape index (κ2) is 9.21. The molecule has 0 aromatic carbocycles. The number of nitrogens with zero attached hydrogens (tertiary/aromatic N) is 6. The van der Waals surface area contributed by atoms with E-state index < -0.39 is 0 Å². The van der Waals surface area contributed by atoms with Crippen LogP contribution in [0, 0.1) is 20.8 Å². The van der Waals surface area contributed by atoms with Gasteiger partial charge in [-0.3, -0.25) is 14.7 Å². The molecule has 0 bridgehead atoms. The number of pyridine rings is 1. The average molecular weight is 447 g/mol. The van der Waals surface area contributed by atoms with E-state index in [0.717, 1.165) is 91.5 Å². The summed E-state index contributed by atoms with van der Waals surface area (Å²) < 4.78 is 1.99. The second-order valence-corrected chi connectivity index (χ2v) is 9.59. The van der Waals surface area contributed by atoms with E-state index in [1.165, 1.54) is 6.42 Å². The minimum Gasteiger partial charge on any atom is -0.343 e. The van der Waals surface area contributed by atoms with E-state index in [1.54, 1.807) is 0 Å². The van der Waals surface area contributed by atoms with E-state index in [2.05, 4.69) is 36.9 Å². The summed E-state index contributed by atoms with van der Waals surface area (Å²) in [4.78, 5) is 26.6. The molecule has 1 unspecified atom stereocenters. The van der Waals surface area contributed by atoms with Crippen molar-refractivity contribution >= 4 is 11.6 Å². The van der Waals surface area contributed by atoms with Gasteiger partial charge in [-0.25, -0.2) is 9.50 Å². The lowest BCUT2D eigenvalue weighted by atomic mass is 10.1. The van der Waals surface area contributed by atoms with E-state index in [1.807, 2.05) is 22.4 Å². The minimum absolute atomic E-state index is 0.263. The number of hydrogen-bond donors (Lipinski definition) is 0. The number of amides is 1. The molecule has 2 fully saturated rings. The number of fused-ring (bicyclic) bond motifs is 1. The molecule has 7 nitrogen and oxygen atoms in total. The van der Waals surface area contributed by atoms with Gasteiger partial charge in [0.1, 0.15) is 0 Å². The zero-order chi connectivity index (χ0) is 22.9. The lowest BCUT2D eigenvalue weighted by Crippen LogP contribution is -2.28. The van der Waals surface area contributed by atoms with Gasteiger partial charge < -0.3 is 4.90 Å². The van der Waals surface area contributed by atoms with Crippen LogP contribution in [0.15, 0.2) is 24.3 Å². The Bertz CT molecular complexity index is 1160. The molecule has 33 heavy (non-hydrogen) atoms. The Morgan fingerprint density at radius 3 is 2.67 bits per heavy atom. The van der Waals surface area contributed by atoms with Crippen molar-refractivity contribution < 1.29 is 4.79 Å². The van der Waals surface area contributed by atoms with Crippen molar-refractivity contribution in [2.75, 3.05) is 19.6 Å². The molecule has 1 atom stereocenters. The number of carbonyl (C=O) groups is 1. The number of likely N-dealkylation sites (tertiary alicyclic amines) is 2. The van der Waals surface area contributed by atoms with Gasteiger partial charge >= 0.3 is 0 Å². The Hall–Kier alpha value is -2.80. The van der Waals surface area contributed by atoms with Crippen LogP contribution in [0.1, 0.15) is 72.2 Å². The molecule has 0 aliphatic carbocycles. The molecule has 7 heteroatoms. The zero-order valence-corrected chi connectivity index (χ0v) is 20.0. The van der Waals surface area contributed by atoms with Gasteiger partial charge in [0.05, 0.1) is 17.4 Å². The second-order valence-electron chi connectivity index (χ2n) is 9.59. The Labute approximate surface area is 195 Å². The van der Waals surface area contributed by atoms with Gasteiger partial charge in [0.25, 0.3) is 0 Å².